The van der Waals surface area contributed by atoms with Gasteiger partial charge in [-0.2, -0.15) is 0 Å². The summed E-state index contributed by atoms with van der Waals surface area (Å²) in [5.74, 6) is 1.05. The first-order valence-corrected chi connectivity index (χ1v) is 7.59. The lowest BCUT2D eigenvalue weighted by atomic mass is 9.92. The van der Waals surface area contributed by atoms with Crippen LogP contribution in [-0.2, 0) is 6.54 Å². The molecule has 0 radical (unpaired) electrons. The molecule has 19 heavy (non-hydrogen) atoms. The number of piperidine rings is 1. The molecule has 2 nitrogen and oxygen atoms in total. The molecule has 2 atom stereocenters. The monoisotopic (exact) mass is 261 g/mol. The Morgan fingerprint density at radius 3 is 2.53 bits per heavy atom. The van der Waals surface area contributed by atoms with Crippen LogP contribution in [0.2, 0.25) is 0 Å². The second kappa shape index (κ2) is 6.53. The van der Waals surface area contributed by atoms with Crippen LogP contribution >= 0.6 is 0 Å². The van der Waals surface area contributed by atoms with E-state index in [1.165, 1.54) is 11.1 Å². The van der Waals surface area contributed by atoms with Gasteiger partial charge < -0.3 is 5.11 Å². The van der Waals surface area contributed by atoms with Crippen molar-refractivity contribution in [1.82, 2.24) is 4.90 Å². The summed E-state index contributed by atoms with van der Waals surface area (Å²) in [6, 6.07) is 8.99. The zero-order valence-corrected chi connectivity index (χ0v) is 12.5. The largest absolute Gasteiger partial charge is 0.393 e. The van der Waals surface area contributed by atoms with E-state index in [4.69, 9.17) is 0 Å². The van der Waals surface area contributed by atoms with Crippen molar-refractivity contribution in [3.05, 3.63) is 35.4 Å². The first-order valence-electron chi connectivity index (χ1n) is 7.59. The van der Waals surface area contributed by atoms with Crippen LogP contribution in [0.15, 0.2) is 24.3 Å². The molecule has 0 aliphatic carbocycles. The lowest BCUT2D eigenvalue weighted by Crippen LogP contribution is -2.42. The smallest absolute Gasteiger partial charge is 0.0592 e. The van der Waals surface area contributed by atoms with Crippen molar-refractivity contribution in [1.29, 1.82) is 0 Å². The van der Waals surface area contributed by atoms with E-state index in [2.05, 4.69) is 49.9 Å². The number of benzene rings is 1. The number of rotatable bonds is 4. The third-order valence-corrected chi connectivity index (χ3v) is 4.35. The van der Waals surface area contributed by atoms with Crippen molar-refractivity contribution in [2.75, 3.05) is 13.1 Å². The van der Waals surface area contributed by atoms with Crippen molar-refractivity contribution in [2.45, 2.75) is 52.2 Å². The second-order valence-electron chi connectivity index (χ2n) is 6.16. The topological polar surface area (TPSA) is 23.5 Å². The number of nitrogens with zero attached hydrogens (tertiary/aromatic N) is 1. The van der Waals surface area contributed by atoms with Crippen LogP contribution in [0.5, 0.6) is 0 Å². The van der Waals surface area contributed by atoms with Gasteiger partial charge in [0.1, 0.15) is 0 Å². The van der Waals surface area contributed by atoms with E-state index in [9.17, 15) is 5.11 Å². The van der Waals surface area contributed by atoms with Gasteiger partial charge in [-0.3, -0.25) is 4.90 Å². The lowest BCUT2D eigenvalue weighted by Gasteiger charge is -2.35. The molecule has 1 aromatic rings. The molecule has 1 aliphatic rings. The number of likely N-dealkylation sites (tertiary alicyclic amines) is 1. The molecule has 0 spiro atoms. The minimum Gasteiger partial charge on any atom is -0.393 e. The highest BCUT2D eigenvalue weighted by Gasteiger charge is 2.26. The van der Waals surface area contributed by atoms with E-state index < -0.39 is 0 Å². The molecule has 2 unspecified atom stereocenters. The van der Waals surface area contributed by atoms with Crippen molar-refractivity contribution in [2.24, 2.45) is 5.92 Å². The average Bonchev–Trinajstić information content (AvgIpc) is 2.41. The van der Waals surface area contributed by atoms with Crippen molar-refractivity contribution >= 4 is 0 Å². The standard InChI is InChI=1S/C17H27NO/c1-4-15-12-18(10-9-17(15)19)11-14-5-7-16(8-6-14)13(2)3/h5-8,13,15,17,19H,4,9-12H2,1-3H3. The van der Waals surface area contributed by atoms with Gasteiger partial charge in [0, 0.05) is 19.6 Å². The van der Waals surface area contributed by atoms with Crippen molar-refractivity contribution in [3.63, 3.8) is 0 Å². The van der Waals surface area contributed by atoms with Gasteiger partial charge in [0.15, 0.2) is 0 Å². The van der Waals surface area contributed by atoms with Crippen LogP contribution in [0.3, 0.4) is 0 Å². The van der Waals surface area contributed by atoms with Gasteiger partial charge in [-0.25, -0.2) is 0 Å². The average molecular weight is 261 g/mol. The Morgan fingerprint density at radius 2 is 1.95 bits per heavy atom. The highest BCUT2D eigenvalue weighted by molar-refractivity contribution is 5.24. The normalized spacial score (nSPS) is 24.9. The van der Waals surface area contributed by atoms with Crippen LogP contribution in [-0.4, -0.2) is 29.2 Å². The summed E-state index contributed by atoms with van der Waals surface area (Å²) in [7, 11) is 0. The van der Waals surface area contributed by atoms with Gasteiger partial charge in [0.25, 0.3) is 0 Å². The molecule has 0 saturated carbocycles. The van der Waals surface area contributed by atoms with Crippen LogP contribution in [0.25, 0.3) is 0 Å². The molecule has 0 aromatic heterocycles. The van der Waals surface area contributed by atoms with Crippen LogP contribution in [0.4, 0.5) is 0 Å². The number of hydrogen-bond donors (Lipinski definition) is 1. The first-order chi connectivity index (χ1) is 9.10. The summed E-state index contributed by atoms with van der Waals surface area (Å²) in [4.78, 5) is 2.48. The van der Waals surface area contributed by atoms with Crippen LogP contribution in [0, 0.1) is 5.92 Å². The highest BCUT2D eigenvalue weighted by Crippen LogP contribution is 2.22. The first kappa shape index (κ1) is 14.5. The lowest BCUT2D eigenvalue weighted by molar-refractivity contribution is 0.0222. The molecule has 2 rings (SSSR count). The minimum atomic E-state index is -0.0930. The summed E-state index contributed by atoms with van der Waals surface area (Å²) >= 11 is 0. The van der Waals surface area contributed by atoms with Gasteiger partial charge in [-0.15, -0.1) is 0 Å². The number of hydrogen-bond acceptors (Lipinski definition) is 2. The molecule has 106 valence electrons. The summed E-state index contributed by atoms with van der Waals surface area (Å²) in [5.41, 5.74) is 2.79. The fraction of sp³-hybridized carbons (Fsp3) is 0.647. The van der Waals surface area contributed by atoms with Gasteiger partial charge in [0.2, 0.25) is 0 Å². The molecule has 1 aromatic carbocycles. The van der Waals surface area contributed by atoms with Gasteiger partial charge in [0.05, 0.1) is 6.10 Å². The van der Waals surface area contributed by atoms with E-state index in [1.54, 1.807) is 0 Å². The Labute approximate surface area is 117 Å². The number of aliphatic hydroxyl groups excluding tert-OH is 1. The molecular weight excluding hydrogens is 234 g/mol. The van der Waals surface area contributed by atoms with Crippen LogP contribution < -0.4 is 0 Å². The summed E-state index contributed by atoms with van der Waals surface area (Å²) in [6.45, 7) is 9.70. The minimum absolute atomic E-state index is 0.0930. The second-order valence-corrected chi connectivity index (χ2v) is 6.16. The SMILES string of the molecule is CCC1CN(Cc2ccc(C(C)C)cc2)CCC1O. The van der Waals surface area contributed by atoms with E-state index in [1.807, 2.05) is 0 Å². The quantitative estimate of drug-likeness (QED) is 0.898. The molecule has 1 saturated heterocycles. The zero-order chi connectivity index (χ0) is 13.8. The summed E-state index contributed by atoms with van der Waals surface area (Å²) in [6.07, 6.45) is 1.90. The van der Waals surface area contributed by atoms with Gasteiger partial charge in [-0.1, -0.05) is 45.0 Å². The molecule has 0 amide bonds. The van der Waals surface area contributed by atoms with Crippen LogP contribution in [0.1, 0.15) is 50.7 Å². The zero-order valence-electron chi connectivity index (χ0n) is 12.5. The third kappa shape index (κ3) is 3.80. The summed E-state index contributed by atoms with van der Waals surface area (Å²) in [5, 5.41) is 9.92. The fourth-order valence-corrected chi connectivity index (χ4v) is 2.91. The molecule has 1 fully saturated rings. The molecule has 2 heteroatoms. The van der Waals surface area contributed by atoms with Gasteiger partial charge in [-0.05, 0) is 35.8 Å². The Morgan fingerprint density at radius 1 is 1.26 bits per heavy atom. The Balaban J connectivity index is 1.94. The maximum atomic E-state index is 9.92. The highest BCUT2D eigenvalue weighted by atomic mass is 16.3. The van der Waals surface area contributed by atoms with Gasteiger partial charge >= 0.3 is 0 Å². The molecule has 1 N–H and O–H groups in total. The molecule has 1 aliphatic heterocycles. The predicted molar refractivity (Wildman–Crippen MR) is 80.2 cm³/mol. The molecule has 1 heterocycles. The maximum absolute atomic E-state index is 9.92. The van der Waals surface area contributed by atoms with E-state index >= 15 is 0 Å². The van der Waals surface area contributed by atoms with Crippen molar-refractivity contribution < 1.29 is 5.11 Å². The Hall–Kier alpha value is -0.860. The van der Waals surface area contributed by atoms with E-state index in [0.29, 0.717) is 11.8 Å². The number of aliphatic hydroxyl groups is 1. The summed E-state index contributed by atoms with van der Waals surface area (Å²) < 4.78 is 0. The fourth-order valence-electron chi connectivity index (χ4n) is 2.91. The molecule has 0 bridgehead atoms. The molecular formula is C17H27NO. The Kier molecular flexibility index (Phi) is 5.00. The van der Waals surface area contributed by atoms with E-state index in [-0.39, 0.29) is 6.10 Å². The van der Waals surface area contributed by atoms with Crippen molar-refractivity contribution in [3.8, 4) is 0 Å². The maximum Gasteiger partial charge on any atom is 0.0592 e. The third-order valence-electron chi connectivity index (χ3n) is 4.35. The van der Waals surface area contributed by atoms with E-state index in [0.717, 1.165) is 32.5 Å². The predicted octanol–water partition coefficient (Wildman–Crippen LogP) is 3.40. The Bertz CT molecular complexity index is 385.